The summed E-state index contributed by atoms with van der Waals surface area (Å²) >= 11 is 1.56. The van der Waals surface area contributed by atoms with E-state index in [9.17, 15) is 4.79 Å². The minimum atomic E-state index is -0.708. The van der Waals surface area contributed by atoms with Crippen LogP contribution in [-0.4, -0.2) is 34.0 Å². The molecule has 0 radical (unpaired) electrons. The van der Waals surface area contributed by atoms with Gasteiger partial charge < -0.3 is 9.47 Å². The normalized spacial score (nSPS) is 14.7. The summed E-state index contributed by atoms with van der Waals surface area (Å²) in [6.07, 6.45) is 1.46. The Bertz CT molecular complexity index is 1170. The number of aryl methyl sites for hydroxylation is 2. The molecule has 2 aromatic carbocycles. The van der Waals surface area contributed by atoms with Crippen LogP contribution >= 0.6 is 11.8 Å². The van der Waals surface area contributed by atoms with Gasteiger partial charge >= 0.3 is 0 Å². The smallest absolute Gasteiger partial charge is 0.247 e. The maximum atomic E-state index is 13.0. The van der Waals surface area contributed by atoms with Crippen LogP contribution in [-0.2, 0) is 4.79 Å². The molecule has 4 rings (SSSR count). The van der Waals surface area contributed by atoms with E-state index in [-0.39, 0.29) is 5.91 Å². The molecular weight excluding hydrogens is 436 g/mol. The highest BCUT2D eigenvalue weighted by atomic mass is 32.2. The number of anilines is 1. The molecule has 1 aromatic heterocycles. The third-order valence-electron chi connectivity index (χ3n) is 5.50. The van der Waals surface area contributed by atoms with Crippen LogP contribution in [0.4, 0.5) is 5.69 Å². The number of ether oxygens (including phenoxy) is 2. The number of thioether (sulfide) groups is 1. The monoisotopic (exact) mass is 464 g/mol. The van der Waals surface area contributed by atoms with Gasteiger partial charge in [-0.2, -0.15) is 4.98 Å². The Hall–Kier alpha value is -3.13. The summed E-state index contributed by atoms with van der Waals surface area (Å²) in [5, 5.41) is 9.44. The van der Waals surface area contributed by atoms with Crippen molar-refractivity contribution in [1.29, 1.82) is 0 Å². The summed E-state index contributed by atoms with van der Waals surface area (Å²) < 4.78 is 11.8. The standard InChI is InChI=1S/C25H28N4O3S/c1-6-7-12-33-25-26-23-21(27-28-25)20-14-15(2)13-16(3)22(20)29(17(4)30)24(32-23)18-8-10-19(31-5)11-9-18/h8-11,13-14,24H,6-7,12H2,1-5H3/t24-/m0/s1. The Balaban J connectivity index is 1.90. The Morgan fingerprint density at radius 1 is 1.18 bits per heavy atom. The van der Waals surface area contributed by atoms with Gasteiger partial charge in [0.15, 0.2) is 5.69 Å². The maximum absolute atomic E-state index is 13.0. The molecule has 1 aliphatic rings. The summed E-state index contributed by atoms with van der Waals surface area (Å²) in [6, 6.07) is 11.6. The number of carbonyl (C=O) groups is 1. The average Bonchev–Trinajstić information content (AvgIpc) is 2.94. The number of methoxy groups -OCH3 is 1. The molecule has 1 amide bonds. The van der Waals surface area contributed by atoms with Gasteiger partial charge in [-0.05, 0) is 56.2 Å². The van der Waals surface area contributed by atoms with Gasteiger partial charge in [0.25, 0.3) is 0 Å². The second kappa shape index (κ2) is 9.79. The van der Waals surface area contributed by atoms with Crippen molar-refractivity contribution in [3.63, 3.8) is 0 Å². The second-order valence-electron chi connectivity index (χ2n) is 8.06. The van der Waals surface area contributed by atoms with Crippen molar-refractivity contribution in [1.82, 2.24) is 15.2 Å². The van der Waals surface area contributed by atoms with Crippen molar-refractivity contribution >= 4 is 23.4 Å². The van der Waals surface area contributed by atoms with Gasteiger partial charge in [-0.25, -0.2) is 0 Å². The Morgan fingerprint density at radius 3 is 2.61 bits per heavy atom. The van der Waals surface area contributed by atoms with Gasteiger partial charge in [-0.3, -0.25) is 9.69 Å². The van der Waals surface area contributed by atoms with E-state index in [1.165, 1.54) is 0 Å². The number of hydrogen-bond acceptors (Lipinski definition) is 7. The highest BCUT2D eigenvalue weighted by Crippen LogP contribution is 2.45. The van der Waals surface area contributed by atoms with Crippen molar-refractivity contribution < 1.29 is 14.3 Å². The SMILES string of the molecule is CCCCSc1nnc2c(n1)O[C@@H](c1ccc(OC)cc1)N(C(C)=O)c1c(C)cc(C)cc1-2. The predicted octanol–water partition coefficient (Wildman–Crippen LogP) is 5.50. The molecule has 7 nitrogen and oxygen atoms in total. The molecular formula is C25H28N4O3S. The van der Waals surface area contributed by atoms with Crippen molar-refractivity contribution in [3.05, 3.63) is 53.1 Å². The Labute approximate surface area is 198 Å². The van der Waals surface area contributed by atoms with Crippen molar-refractivity contribution in [2.45, 2.75) is 51.9 Å². The van der Waals surface area contributed by atoms with Crippen LogP contribution in [0.2, 0.25) is 0 Å². The predicted molar refractivity (Wildman–Crippen MR) is 130 cm³/mol. The fraction of sp³-hybridized carbons (Fsp3) is 0.360. The third kappa shape index (κ3) is 4.66. The third-order valence-corrected chi connectivity index (χ3v) is 6.43. The first-order chi connectivity index (χ1) is 15.9. The zero-order valence-electron chi connectivity index (χ0n) is 19.6. The molecule has 172 valence electrons. The van der Waals surface area contributed by atoms with E-state index < -0.39 is 6.23 Å². The molecule has 0 saturated heterocycles. The lowest BCUT2D eigenvalue weighted by Crippen LogP contribution is -2.36. The van der Waals surface area contributed by atoms with E-state index >= 15 is 0 Å². The van der Waals surface area contributed by atoms with Crippen LogP contribution in [0.25, 0.3) is 11.3 Å². The quantitative estimate of drug-likeness (QED) is 0.352. The second-order valence-corrected chi connectivity index (χ2v) is 9.12. The van der Waals surface area contributed by atoms with E-state index in [4.69, 9.17) is 14.5 Å². The molecule has 3 aromatic rings. The zero-order chi connectivity index (χ0) is 23.5. The molecule has 8 heteroatoms. The van der Waals surface area contributed by atoms with E-state index in [2.05, 4.69) is 23.2 Å². The summed E-state index contributed by atoms with van der Waals surface area (Å²) in [5.74, 6) is 1.88. The Morgan fingerprint density at radius 2 is 1.94 bits per heavy atom. The van der Waals surface area contributed by atoms with E-state index in [1.807, 2.05) is 44.2 Å². The summed E-state index contributed by atoms with van der Waals surface area (Å²) in [6.45, 7) is 7.71. The van der Waals surface area contributed by atoms with Crippen LogP contribution in [0.15, 0.2) is 41.6 Å². The molecule has 0 N–H and O–H groups in total. The van der Waals surface area contributed by atoms with Crippen LogP contribution in [0, 0.1) is 13.8 Å². The van der Waals surface area contributed by atoms with Crippen molar-refractivity contribution in [2.75, 3.05) is 17.8 Å². The first kappa shape index (κ1) is 23.0. The fourth-order valence-electron chi connectivity index (χ4n) is 3.96. The highest BCUT2D eigenvalue weighted by Gasteiger charge is 2.35. The van der Waals surface area contributed by atoms with Crippen LogP contribution in [0.1, 0.15) is 49.6 Å². The van der Waals surface area contributed by atoms with Gasteiger partial charge in [0.05, 0.1) is 12.8 Å². The molecule has 0 saturated carbocycles. The lowest BCUT2D eigenvalue weighted by atomic mass is 10.00. The summed E-state index contributed by atoms with van der Waals surface area (Å²) in [7, 11) is 1.62. The minimum Gasteiger partial charge on any atom is -0.497 e. The maximum Gasteiger partial charge on any atom is 0.247 e. The minimum absolute atomic E-state index is 0.137. The van der Waals surface area contributed by atoms with E-state index in [1.54, 1.807) is 30.7 Å². The molecule has 1 atom stereocenters. The molecule has 0 unspecified atom stereocenters. The van der Waals surface area contributed by atoms with E-state index in [0.29, 0.717) is 16.7 Å². The first-order valence-electron chi connectivity index (χ1n) is 11.0. The molecule has 1 aliphatic heterocycles. The van der Waals surface area contributed by atoms with Gasteiger partial charge in [-0.1, -0.05) is 36.7 Å². The van der Waals surface area contributed by atoms with Crippen LogP contribution in [0.5, 0.6) is 11.6 Å². The van der Waals surface area contributed by atoms with Crippen LogP contribution in [0.3, 0.4) is 0 Å². The highest BCUT2D eigenvalue weighted by molar-refractivity contribution is 7.99. The molecule has 0 spiro atoms. The fourth-order valence-corrected chi connectivity index (χ4v) is 4.82. The van der Waals surface area contributed by atoms with Gasteiger partial charge in [0.1, 0.15) is 5.75 Å². The number of amides is 1. The topological polar surface area (TPSA) is 77.4 Å². The van der Waals surface area contributed by atoms with Gasteiger partial charge in [0, 0.05) is 23.8 Å². The van der Waals surface area contributed by atoms with Crippen LogP contribution < -0.4 is 14.4 Å². The number of fused-ring (bicyclic) bond motifs is 3. The number of unbranched alkanes of at least 4 members (excludes halogenated alkanes) is 1. The number of benzene rings is 2. The summed E-state index contributed by atoms with van der Waals surface area (Å²) in [4.78, 5) is 19.4. The number of aromatic nitrogens is 3. The number of nitrogens with zero attached hydrogens (tertiary/aromatic N) is 4. The average molecular weight is 465 g/mol. The number of hydrogen-bond donors (Lipinski definition) is 0. The van der Waals surface area contributed by atoms with E-state index in [0.717, 1.165) is 52.3 Å². The van der Waals surface area contributed by atoms with Crippen molar-refractivity contribution in [2.24, 2.45) is 0 Å². The lowest BCUT2D eigenvalue weighted by Gasteiger charge is -2.31. The molecule has 0 fully saturated rings. The van der Waals surface area contributed by atoms with Crippen molar-refractivity contribution in [3.8, 4) is 22.9 Å². The molecule has 2 heterocycles. The number of carbonyl (C=O) groups excluding carboxylic acids is 1. The van der Waals surface area contributed by atoms with Gasteiger partial charge in [0.2, 0.25) is 23.2 Å². The molecule has 33 heavy (non-hydrogen) atoms. The Kier molecular flexibility index (Phi) is 6.83. The zero-order valence-corrected chi connectivity index (χ0v) is 20.4. The first-order valence-corrected chi connectivity index (χ1v) is 12.0. The number of rotatable bonds is 6. The summed E-state index contributed by atoms with van der Waals surface area (Å²) in [5.41, 5.74) is 4.92. The lowest BCUT2D eigenvalue weighted by molar-refractivity contribution is -0.118. The molecule has 0 bridgehead atoms. The van der Waals surface area contributed by atoms with Gasteiger partial charge in [-0.15, -0.1) is 10.2 Å². The molecule has 0 aliphatic carbocycles. The largest absolute Gasteiger partial charge is 0.497 e.